The predicted octanol–water partition coefficient (Wildman–Crippen LogP) is 3.99. The summed E-state index contributed by atoms with van der Waals surface area (Å²) in [6.45, 7) is 5.02. The SMILES string of the molecule is CCn1c(COc2ccc(Cl)cc2C)nnc1SCC(=O)NC1CCCC1. The standard InChI is InChI=1S/C19H25ClN4O2S/c1-3-24-17(11-26-16-9-8-14(20)10-13(16)2)22-23-19(24)27-12-18(25)21-15-6-4-5-7-15/h8-10,15H,3-7,11-12H2,1-2H3,(H,21,25). The Bertz CT molecular complexity index is 790. The fourth-order valence-electron chi connectivity index (χ4n) is 3.24. The van der Waals surface area contributed by atoms with Gasteiger partial charge < -0.3 is 14.6 Å². The second-order valence-electron chi connectivity index (χ2n) is 6.68. The minimum absolute atomic E-state index is 0.0622. The molecule has 27 heavy (non-hydrogen) atoms. The highest BCUT2D eigenvalue weighted by molar-refractivity contribution is 7.99. The van der Waals surface area contributed by atoms with Crippen LogP contribution in [0.2, 0.25) is 5.02 Å². The third-order valence-corrected chi connectivity index (χ3v) is 5.86. The molecule has 0 aliphatic heterocycles. The highest BCUT2D eigenvalue weighted by atomic mass is 35.5. The Morgan fingerprint density at radius 1 is 1.37 bits per heavy atom. The summed E-state index contributed by atoms with van der Waals surface area (Å²) in [5.74, 6) is 1.93. The number of aryl methyl sites for hydroxylation is 1. The molecule has 1 aromatic carbocycles. The van der Waals surface area contributed by atoms with Gasteiger partial charge in [0, 0.05) is 17.6 Å². The number of hydrogen-bond acceptors (Lipinski definition) is 5. The van der Waals surface area contributed by atoms with E-state index in [2.05, 4.69) is 15.5 Å². The van der Waals surface area contributed by atoms with Crippen LogP contribution < -0.4 is 10.1 Å². The Kier molecular flexibility index (Phi) is 7.01. The zero-order chi connectivity index (χ0) is 19.2. The summed E-state index contributed by atoms with van der Waals surface area (Å²) in [6.07, 6.45) is 4.59. The van der Waals surface area contributed by atoms with Gasteiger partial charge in [-0.3, -0.25) is 4.79 Å². The fourth-order valence-corrected chi connectivity index (χ4v) is 4.30. The van der Waals surface area contributed by atoms with E-state index in [9.17, 15) is 4.79 Å². The average molecular weight is 409 g/mol. The average Bonchev–Trinajstić information content (AvgIpc) is 3.28. The topological polar surface area (TPSA) is 69.0 Å². The summed E-state index contributed by atoms with van der Waals surface area (Å²) < 4.78 is 7.86. The van der Waals surface area contributed by atoms with E-state index in [1.807, 2.05) is 30.5 Å². The minimum atomic E-state index is 0.0622. The lowest BCUT2D eigenvalue weighted by atomic mass is 10.2. The van der Waals surface area contributed by atoms with Crippen LogP contribution in [0.5, 0.6) is 5.75 Å². The monoisotopic (exact) mass is 408 g/mol. The van der Waals surface area contributed by atoms with Crippen molar-refractivity contribution in [2.75, 3.05) is 5.75 Å². The molecule has 1 aliphatic rings. The van der Waals surface area contributed by atoms with Gasteiger partial charge in [0.1, 0.15) is 12.4 Å². The highest BCUT2D eigenvalue weighted by Crippen LogP contribution is 2.24. The Morgan fingerprint density at radius 3 is 2.85 bits per heavy atom. The maximum atomic E-state index is 12.1. The molecule has 8 heteroatoms. The molecule has 6 nitrogen and oxygen atoms in total. The first-order valence-electron chi connectivity index (χ1n) is 9.30. The molecule has 1 aliphatic carbocycles. The lowest BCUT2D eigenvalue weighted by Gasteiger charge is -2.12. The molecule has 1 amide bonds. The minimum Gasteiger partial charge on any atom is -0.485 e. The van der Waals surface area contributed by atoms with E-state index in [0.717, 1.165) is 41.7 Å². The van der Waals surface area contributed by atoms with Crippen molar-refractivity contribution in [1.29, 1.82) is 0 Å². The van der Waals surface area contributed by atoms with E-state index in [1.54, 1.807) is 6.07 Å². The summed E-state index contributed by atoms with van der Waals surface area (Å²) in [5, 5.41) is 13.0. The van der Waals surface area contributed by atoms with Crippen LogP contribution in [-0.2, 0) is 17.9 Å². The molecule has 0 atom stereocenters. The molecule has 1 heterocycles. The van der Waals surface area contributed by atoms with Crippen LogP contribution in [0.25, 0.3) is 0 Å². The number of thioether (sulfide) groups is 1. The largest absolute Gasteiger partial charge is 0.485 e. The normalized spacial score (nSPS) is 14.5. The lowest BCUT2D eigenvalue weighted by molar-refractivity contribution is -0.119. The van der Waals surface area contributed by atoms with E-state index < -0.39 is 0 Å². The molecule has 1 fully saturated rings. The molecule has 2 aromatic rings. The van der Waals surface area contributed by atoms with Crippen molar-refractivity contribution in [3.8, 4) is 5.75 Å². The van der Waals surface area contributed by atoms with Crippen LogP contribution in [0.4, 0.5) is 0 Å². The quantitative estimate of drug-likeness (QED) is 0.669. The number of halogens is 1. The van der Waals surface area contributed by atoms with E-state index in [-0.39, 0.29) is 5.91 Å². The second kappa shape index (κ2) is 9.46. The van der Waals surface area contributed by atoms with Gasteiger partial charge in [-0.15, -0.1) is 10.2 Å². The van der Waals surface area contributed by atoms with Gasteiger partial charge in [0.05, 0.1) is 5.75 Å². The first kappa shape index (κ1) is 20.0. The number of benzene rings is 1. The Labute approximate surface area is 169 Å². The van der Waals surface area contributed by atoms with Gasteiger partial charge in [-0.1, -0.05) is 36.2 Å². The molecule has 1 N–H and O–H groups in total. The van der Waals surface area contributed by atoms with Crippen molar-refractivity contribution in [3.05, 3.63) is 34.6 Å². The van der Waals surface area contributed by atoms with Crippen LogP contribution in [0, 0.1) is 6.92 Å². The molecular formula is C19H25ClN4O2S. The lowest BCUT2D eigenvalue weighted by Crippen LogP contribution is -2.33. The van der Waals surface area contributed by atoms with Gasteiger partial charge >= 0.3 is 0 Å². The van der Waals surface area contributed by atoms with Gasteiger partial charge in [0.25, 0.3) is 0 Å². The summed E-state index contributed by atoms with van der Waals surface area (Å²) in [4.78, 5) is 12.1. The van der Waals surface area contributed by atoms with E-state index in [1.165, 1.54) is 24.6 Å². The van der Waals surface area contributed by atoms with Gasteiger partial charge in [-0.05, 0) is 50.5 Å². The number of carbonyl (C=O) groups excluding carboxylic acids is 1. The van der Waals surface area contributed by atoms with Crippen molar-refractivity contribution in [2.24, 2.45) is 0 Å². The first-order valence-corrected chi connectivity index (χ1v) is 10.7. The van der Waals surface area contributed by atoms with Crippen molar-refractivity contribution in [3.63, 3.8) is 0 Å². The molecule has 0 radical (unpaired) electrons. The van der Waals surface area contributed by atoms with Gasteiger partial charge in [0.2, 0.25) is 5.91 Å². The predicted molar refractivity (Wildman–Crippen MR) is 107 cm³/mol. The van der Waals surface area contributed by atoms with Gasteiger partial charge in [-0.25, -0.2) is 0 Å². The van der Waals surface area contributed by atoms with Crippen molar-refractivity contribution >= 4 is 29.3 Å². The summed E-state index contributed by atoms with van der Waals surface area (Å²) >= 11 is 7.40. The van der Waals surface area contributed by atoms with E-state index >= 15 is 0 Å². The third-order valence-electron chi connectivity index (χ3n) is 4.66. The third kappa shape index (κ3) is 5.39. The molecule has 3 rings (SSSR count). The summed E-state index contributed by atoms with van der Waals surface area (Å²) in [6, 6.07) is 5.87. The van der Waals surface area contributed by atoms with E-state index in [0.29, 0.717) is 23.4 Å². The molecule has 0 unspecified atom stereocenters. The number of nitrogens with zero attached hydrogens (tertiary/aromatic N) is 3. The smallest absolute Gasteiger partial charge is 0.230 e. The van der Waals surface area contributed by atoms with Crippen molar-refractivity contribution < 1.29 is 9.53 Å². The van der Waals surface area contributed by atoms with Crippen molar-refractivity contribution in [1.82, 2.24) is 20.1 Å². The molecule has 1 saturated carbocycles. The Hall–Kier alpha value is -1.73. The fraction of sp³-hybridized carbons (Fsp3) is 0.526. The summed E-state index contributed by atoms with van der Waals surface area (Å²) in [7, 11) is 0. The van der Waals surface area contributed by atoms with Gasteiger partial charge in [0.15, 0.2) is 11.0 Å². The number of hydrogen-bond donors (Lipinski definition) is 1. The number of nitrogens with one attached hydrogen (secondary N) is 1. The Balaban J connectivity index is 1.56. The zero-order valence-electron chi connectivity index (χ0n) is 15.7. The van der Waals surface area contributed by atoms with Crippen LogP contribution in [0.3, 0.4) is 0 Å². The number of rotatable bonds is 8. The first-order chi connectivity index (χ1) is 13.1. The summed E-state index contributed by atoms with van der Waals surface area (Å²) in [5.41, 5.74) is 0.975. The molecule has 1 aromatic heterocycles. The number of carbonyl (C=O) groups is 1. The van der Waals surface area contributed by atoms with Crippen LogP contribution in [0.1, 0.15) is 44.0 Å². The molecule has 0 bridgehead atoms. The maximum Gasteiger partial charge on any atom is 0.230 e. The number of amides is 1. The van der Waals surface area contributed by atoms with Crippen LogP contribution in [0.15, 0.2) is 23.4 Å². The second-order valence-corrected chi connectivity index (χ2v) is 8.06. The number of aromatic nitrogens is 3. The molecular weight excluding hydrogens is 384 g/mol. The molecule has 0 saturated heterocycles. The van der Waals surface area contributed by atoms with Crippen molar-refractivity contribution in [2.45, 2.75) is 63.9 Å². The van der Waals surface area contributed by atoms with Crippen LogP contribution >= 0.6 is 23.4 Å². The Morgan fingerprint density at radius 2 is 2.15 bits per heavy atom. The molecule has 146 valence electrons. The van der Waals surface area contributed by atoms with E-state index in [4.69, 9.17) is 16.3 Å². The maximum absolute atomic E-state index is 12.1. The highest BCUT2D eigenvalue weighted by Gasteiger charge is 2.18. The van der Waals surface area contributed by atoms with Crippen LogP contribution in [-0.4, -0.2) is 32.5 Å². The zero-order valence-corrected chi connectivity index (χ0v) is 17.3. The van der Waals surface area contributed by atoms with Gasteiger partial charge in [-0.2, -0.15) is 0 Å². The molecule has 0 spiro atoms. The number of ether oxygens (including phenoxy) is 1.